The Balaban J connectivity index is 1.76. The lowest BCUT2D eigenvalue weighted by Gasteiger charge is -2.15. The molecule has 0 bridgehead atoms. The van der Waals surface area contributed by atoms with E-state index in [2.05, 4.69) is 20.8 Å². The molecule has 0 unspecified atom stereocenters. The van der Waals surface area contributed by atoms with Crippen molar-refractivity contribution in [2.75, 3.05) is 18.5 Å². The van der Waals surface area contributed by atoms with Crippen LogP contribution >= 0.6 is 11.3 Å². The van der Waals surface area contributed by atoms with E-state index in [-0.39, 0.29) is 15.7 Å². The van der Waals surface area contributed by atoms with E-state index < -0.39 is 15.9 Å². The van der Waals surface area contributed by atoms with Gasteiger partial charge in [-0.05, 0) is 44.2 Å². The number of hydrogen-bond acceptors (Lipinski definition) is 7. The number of amides is 1. The molecule has 3 rings (SSSR count). The molecule has 1 amide bonds. The smallest absolute Gasteiger partial charge is 0.266 e. The molecule has 0 radical (unpaired) electrons. The van der Waals surface area contributed by atoms with E-state index in [4.69, 9.17) is 0 Å². The highest BCUT2D eigenvalue weighted by atomic mass is 32.2. The van der Waals surface area contributed by atoms with Gasteiger partial charge in [0, 0.05) is 24.5 Å². The molecule has 2 N–H and O–H groups in total. The standard InChI is InChI=1S/C15H19N5O3S2/c1-10-9-11(2)17-15(16-10)19-18-14(21)13-12(5-8-24-13)25(22,23)20-6-3-4-7-20/h5,8-9H,3-4,6-7H2,1-2H3,(H,18,21)(H,16,17,19). The maximum atomic E-state index is 12.7. The maximum Gasteiger partial charge on any atom is 0.281 e. The van der Waals surface area contributed by atoms with Gasteiger partial charge in [0.25, 0.3) is 5.91 Å². The number of hydrogen-bond donors (Lipinski definition) is 2. The van der Waals surface area contributed by atoms with E-state index in [1.54, 1.807) is 5.38 Å². The molecule has 0 atom stereocenters. The predicted molar refractivity (Wildman–Crippen MR) is 94.9 cm³/mol. The highest BCUT2D eigenvalue weighted by Crippen LogP contribution is 2.27. The summed E-state index contributed by atoms with van der Waals surface area (Å²) in [7, 11) is -3.64. The molecule has 10 heteroatoms. The summed E-state index contributed by atoms with van der Waals surface area (Å²) in [6, 6.07) is 3.29. The largest absolute Gasteiger partial charge is 0.281 e. The Morgan fingerprint density at radius 2 is 1.84 bits per heavy atom. The fourth-order valence-corrected chi connectivity index (χ4v) is 5.50. The Kier molecular flexibility index (Phi) is 5.02. The first-order valence-corrected chi connectivity index (χ1v) is 10.2. The monoisotopic (exact) mass is 381 g/mol. The molecule has 0 aliphatic carbocycles. The summed E-state index contributed by atoms with van der Waals surface area (Å²) in [6.45, 7) is 4.63. The van der Waals surface area contributed by atoms with Gasteiger partial charge >= 0.3 is 0 Å². The molecule has 0 spiro atoms. The number of carbonyl (C=O) groups excluding carboxylic acids is 1. The SMILES string of the molecule is Cc1cc(C)nc(NNC(=O)c2sccc2S(=O)(=O)N2CCCC2)n1. The number of anilines is 1. The van der Waals surface area contributed by atoms with Crippen molar-refractivity contribution < 1.29 is 13.2 Å². The fourth-order valence-electron chi connectivity index (χ4n) is 2.69. The van der Waals surface area contributed by atoms with E-state index in [9.17, 15) is 13.2 Å². The Hall–Kier alpha value is -2.04. The Morgan fingerprint density at radius 1 is 1.20 bits per heavy atom. The summed E-state index contributed by atoms with van der Waals surface area (Å²) >= 11 is 1.09. The number of sulfonamides is 1. The summed E-state index contributed by atoms with van der Waals surface area (Å²) in [5.74, 6) is -0.276. The molecule has 1 saturated heterocycles. The first-order chi connectivity index (χ1) is 11.9. The van der Waals surface area contributed by atoms with Crippen LogP contribution in [0.25, 0.3) is 0 Å². The Morgan fingerprint density at radius 3 is 2.48 bits per heavy atom. The van der Waals surface area contributed by atoms with Crippen molar-refractivity contribution in [3.8, 4) is 0 Å². The van der Waals surface area contributed by atoms with Gasteiger partial charge in [0.05, 0.1) is 0 Å². The van der Waals surface area contributed by atoms with Crippen LogP contribution in [0, 0.1) is 13.8 Å². The van der Waals surface area contributed by atoms with Crippen LogP contribution in [-0.2, 0) is 10.0 Å². The number of carbonyl (C=O) groups is 1. The van der Waals surface area contributed by atoms with Crippen LogP contribution in [-0.4, -0.2) is 41.7 Å². The zero-order valence-corrected chi connectivity index (χ0v) is 15.6. The van der Waals surface area contributed by atoms with E-state index in [1.165, 1.54) is 10.4 Å². The van der Waals surface area contributed by atoms with Gasteiger partial charge in [-0.1, -0.05) is 0 Å². The van der Waals surface area contributed by atoms with Gasteiger partial charge in [-0.25, -0.2) is 18.4 Å². The molecule has 134 valence electrons. The zero-order chi connectivity index (χ0) is 18.0. The second kappa shape index (κ2) is 7.06. The van der Waals surface area contributed by atoms with Crippen molar-refractivity contribution >= 4 is 33.2 Å². The van der Waals surface area contributed by atoms with Gasteiger partial charge < -0.3 is 0 Å². The molecule has 0 aromatic carbocycles. The Bertz CT molecular complexity index is 868. The molecule has 25 heavy (non-hydrogen) atoms. The van der Waals surface area contributed by atoms with Gasteiger partial charge in [0.1, 0.15) is 9.77 Å². The quantitative estimate of drug-likeness (QED) is 0.764. The molecule has 2 aromatic heterocycles. The number of rotatable bonds is 5. The van der Waals surface area contributed by atoms with Crippen molar-refractivity contribution in [1.82, 2.24) is 19.7 Å². The van der Waals surface area contributed by atoms with Crippen molar-refractivity contribution in [3.05, 3.63) is 33.8 Å². The van der Waals surface area contributed by atoms with Crippen LogP contribution in [0.3, 0.4) is 0 Å². The molecule has 1 fully saturated rings. The van der Waals surface area contributed by atoms with Gasteiger partial charge in [0.15, 0.2) is 0 Å². The van der Waals surface area contributed by atoms with Crippen LogP contribution in [0.15, 0.2) is 22.4 Å². The molecule has 3 heterocycles. The van der Waals surface area contributed by atoms with E-state index >= 15 is 0 Å². The van der Waals surface area contributed by atoms with Crippen LogP contribution < -0.4 is 10.9 Å². The number of aromatic nitrogens is 2. The lowest BCUT2D eigenvalue weighted by molar-refractivity contribution is 0.0963. The molecular weight excluding hydrogens is 362 g/mol. The lowest BCUT2D eigenvalue weighted by atomic mass is 10.4. The fraction of sp³-hybridized carbons (Fsp3) is 0.400. The van der Waals surface area contributed by atoms with Crippen molar-refractivity contribution in [1.29, 1.82) is 0 Å². The zero-order valence-electron chi connectivity index (χ0n) is 13.9. The minimum atomic E-state index is -3.64. The minimum absolute atomic E-state index is 0.0417. The van der Waals surface area contributed by atoms with Crippen LogP contribution in [0.1, 0.15) is 33.9 Å². The minimum Gasteiger partial charge on any atom is -0.266 e. The molecule has 1 aliphatic heterocycles. The number of nitrogens with zero attached hydrogens (tertiary/aromatic N) is 3. The summed E-state index contributed by atoms with van der Waals surface area (Å²) in [5.41, 5.74) is 6.63. The second-order valence-electron chi connectivity index (χ2n) is 5.78. The van der Waals surface area contributed by atoms with Crippen molar-refractivity contribution in [2.24, 2.45) is 0 Å². The van der Waals surface area contributed by atoms with Gasteiger partial charge in [-0.2, -0.15) is 4.31 Å². The van der Waals surface area contributed by atoms with E-state index in [1.807, 2.05) is 19.9 Å². The van der Waals surface area contributed by atoms with Crippen LogP contribution in [0.5, 0.6) is 0 Å². The van der Waals surface area contributed by atoms with E-state index in [0.29, 0.717) is 13.1 Å². The summed E-state index contributed by atoms with van der Waals surface area (Å²) in [4.78, 5) is 20.9. The molecule has 1 aliphatic rings. The van der Waals surface area contributed by atoms with Gasteiger partial charge in [-0.3, -0.25) is 15.6 Å². The average Bonchev–Trinajstić information content (AvgIpc) is 3.23. The molecule has 2 aromatic rings. The second-order valence-corrected chi connectivity index (χ2v) is 8.60. The molecular formula is C15H19N5O3S2. The third-order valence-electron chi connectivity index (χ3n) is 3.79. The predicted octanol–water partition coefficient (Wildman–Crippen LogP) is 1.70. The number of hydrazine groups is 1. The highest BCUT2D eigenvalue weighted by Gasteiger charge is 2.31. The van der Waals surface area contributed by atoms with E-state index in [0.717, 1.165) is 35.6 Å². The number of nitrogens with one attached hydrogen (secondary N) is 2. The average molecular weight is 381 g/mol. The highest BCUT2D eigenvalue weighted by molar-refractivity contribution is 7.89. The number of aryl methyl sites for hydroxylation is 2. The van der Waals surface area contributed by atoms with Gasteiger partial charge in [0.2, 0.25) is 16.0 Å². The Labute approximate surface area is 150 Å². The normalized spacial score (nSPS) is 15.3. The van der Waals surface area contributed by atoms with Crippen molar-refractivity contribution in [3.63, 3.8) is 0 Å². The maximum absolute atomic E-state index is 12.7. The molecule has 0 saturated carbocycles. The van der Waals surface area contributed by atoms with Crippen molar-refractivity contribution in [2.45, 2.75) is 31.6 Å². The molecule has 8 nitrogen and oxygen atoms in total. The number of thiophene rings is 1. The first kappa shape index (κ1) is 17.8. The van der Waals surface area contributed by atoms with Crippen LogP contribution in [0.2, 0.25) is 0 Å². The summed E-state index contributed by atoms with van der Waals surface area (Å²) in [5, 5.41) is 1.60. The third-order valence-corrected chi connectivity index (χ3v) is 6.77. The first-order valence-electron chi connectivity index (χ1n) is 7.84. The third kappa shape index (κ3) is 3.80. The summed E-state index contributed by atoms with van der Waals surface area (Å²) < 4.78 is 26.8. The van der Waals surface area contributed by atoms with Crippen LogP contribution in [0.4, 0.5) is 5.95 Å². The lowest BCUT2D eigenvalue weighted by Crippen LogP contribution is -2.33. The topological polar surface area (TPSA) is 104 Å². The summed E-state index contributed by atoms with van der Waals surface area (Å²) in [6.07, 6.45) is 1.69. The van der Waals surface area contributed by atoms with Gasteiger partial charge in [-0.15, -0.1) is 11.3 Å².